The topological polar surface area (TPSA) is 88.2 Å². The van der Waals surface area contributed by atoms with Crippen LogP contribution in [0.15, 0.2) is 40.2 Å². The first-order valence-electron chi connectivity index (χ1n) is 9.87. The van der Waals surface area contributed by atoms with E-state index in [9.17, 15) is 14.4 Å². The monoisotopic (exact) mass is 507 g/mol. The van der Waals surface area contributed by atoms with E-state index in [-0.39, 0.29) is 18.2 Å². The van der Waals surface area contributed by atoms with Gasteiger partial charge in [-0.2, -0.15) is 0 Å². The highest BCUT2D eigenvalue weighted by molar-refractivity contribution is 9.11. The van der Waals surface area contributed by atoms with E-state index in [0.29, 0.717) is 43.5 Å². The highest BCUT2D eigenvalue weighted by Crippen LogP contribution is 2.31. The summed E-state index contributed by atoms with van der Waals surface area (Å²) in [4.78, 5) is 40.6. The number of hydrogen-bond acceptors (Lipinski definition) is 6. The first-order chi connectivity index (χ1) is 14.8. The molecule has 2 aromatic rings. The van der Waals surface area contributed by atoms with Gasteiger partial charge in [-0.1, -0.05) is 11.3 Å². The minimum atomic E-state index is -0.751. The molecule has 3 amide bonds. The number of benzene rings is 1. The zero-order valence-corrected chi connectivity index (χ0v) is 19.3. The average molecular weight is 508 g/mol. The summed E-state index contributed by atoms with van der Waals surface area (Å²) in [5, 5.41) is 3.29. The summed E-state index contributed by atoms with van der Waals surface area (Å²) in [6, 6.07) is 10.8. The number of carbonyl (C=O) groups is 3. The zero-order chi connectivity index (χ0) is 22.0. The van der Waals surface area contributed by atoms with Gasteiger partial charge in [0.2, 0.25) is 11.8 Å². The van der Waals surface area contributed by atoms with Gasteiger partial charge in [-0.3, -0.25) is 9.59 Å². The molecular formula is C21H22BrN3O5S. The fourth-order valence-electron chi connectivity index (χ4n) is 3.72. The van der Waals surface area contributed by atoms with Crippen molar-refractivity contribution in [1.82, 2.24) is 5.32 Å². The lowest BCUT2D eigenvalue weighted by Gasteiger charge is -2.25. The van der Waals surface area contributed by atoms with Crippen molar-refractivity contribution < 1.29 is 23.9 Å². The number of hydrogen-bond donors (Lipinski definition) is 1. The van der Waals surface area contributed by atoms with Crippen molar-refractivity contribution >= 4 is 56.5 Å². The molecule has 0 radical (unpaired) electrons. The van der Waals surface area contributed by atoms with E-state index < -0.39 is 11.6 Å². The average Bonchev–Trinajstić information content (AvgIpc) is 3.17. The summed E-state index contributed by atoms with van der Waals surface area (Å²) in [6.07, 6.45) is -0.0711. The molecular weight excluding hydrogens is 486 g/mol. The number of anilines is 2. The summed E-state index contributed by atoms with van der Waals surface area (Å²) >= 11 is 4.63. The second-order valence-electron chi connectivity index (χ2n) is 7.71. The Kier molecular flexibility index (Phi) is 6.31. The molecule has 8 nitrogen and oxygen atoms in total. The van der Waals surface area contributed by atoms with E-state index in [1.54, 1.807) is 21.9 Å². The van der Waals surface area contributed by atoms with E-state index >= 15 is 0 Å². The number of ether oxygens (including phenoxy) is 2. The van der Waals surface area contributed by atoms with Crippen LogP contribution in [0.1, 0.15) is 19.8 Å². The molecule has 1 aromatic heterocycles. The van der Waals surface area contributed by atoms with Crippen LogP contribution in [0.5, 0.6) is 5.06 Å². The van der Waals surface area contributed by atoms with Gasteiger partial charge in [0, 0.05) is 24.5 Å². The molecule has 2 saturated heterocycles. The first kappa shape index (κ1) is 21.8. The summed E-state index contributed by atoms with van der Waals surface area (Å²) in [5.74, 6) is -0.0655. The van der Waals surface area contributed by atoms with Crippen LogP contribution in [-0.2, 0) is 14.3 Å². The fourth-order valence-corrected chi connectivity index (χ4v) is 4.91. The van der Waals surface area contributed by atoms with Crippen molar-refractivity contribution in [3.05, 3.63) is 40.2 Å². The molecule has 1 N–H and O–H groups in total. The molecule has 1 aromatic carbocycles. The van der Waals surface area contributed by atoms with Gasteiger partial charge in [-0.05, 0) is 59.3 Å². The van der Waals surface area contributed by atoms with Gasteiger partial charge in [0.05, 0.1) is 35.4 Å². The molecule has 2 aliphatic rings. The van der Waals surface area contributed by atoms with Gasteiger partial charge in [0.25, 0.3) is 0 Å². The molecule has 0 saturated carbocycles. The lowest BCUT2D eigenvalue weighted by molar-refractivity contribution is -0.119. The third-order valence-corrected chi connectivity index (χ3v) is 6.69. The third kappa shape index (κ3) is 5.08. The maximum atomic E-state index is 12.7. The molecule has 0 spiro atoms. The highest BCUT2D eigenvalue weighted by atomic mass is 79.9. The summed E-state index contributed by atoms with van der Waals surface area (Å²) < 4.78 is 11.5. The van der Waals surface area contributed by atoms with Crippen LogP contribution in [0.4, 0.5) is 16.2 Å². The number of nitrogens with zero attached hydrogens (tertiary/aromatic N) is 2. The number of thiophene rings is 1. The smallest absolute Gasteiger partial charge is 0.399 e. The van der Waals surface area contributed by atoms with Crippen molar-refractivity contribution in [2.75, 3.05) is 36.1 Å². The minimum absolute atomic E-state index is 0.0237. The summed E-state index contributed by atoms with van der Waals surface area (Å²) in [7, 11) is 0. The Balaban J connectivity index is 1.41. The number of rotatable bonds is 4. The minimum Gasteiger partial charge on any atom is -0.399 e. The van der Waals surface area contributed by atoms with E-state index in [0.717, 1.165) is 9.47 Å². The fraction of sp³-hybridized carbons (Fsp3) is 0.381. The van der Waals surface area contributed by atoms with E-state index in [1.807, 2.05) is 31.2 Å². The van der Waals surface area contributed by atoms with Gasteiger partial charge >= 0.3 is 6.09 Å². The van der Waals surface area contributed by atoms with Crippen LogP contribution < -0.4 is 19.9 Å². The molecule has 2 fully saturated rings. The second kappa shape index (κ2) is 8.97. The molecule has 1 atom stereocenters. The number of nitrogens with one attached hydrogen (secondary N) is 1. The maximum absolute atomic E-state index is 12.7. The SMILES string of the molecule is CC1(NC(=O)Oc2ccc(Br)s2)CC(=O)N(c2ccc(N3CCOCCC3=O)cc2)C1. The number of amides is 3. The van der Waals surface area contributed by atoms with Crippen LogP contribution in [-0.4, -0.2) is 49.7 Å². The predicted molar refractivity (Wildman–Crippen MR) is 121 cm³/mol. The van der Waals surface area contributed by atoms with E-state index in [2.05, 4.69) is 21.2 Å². The quantitative estimate of drug-likeness (QED) is 0.683. The lowest BCUT2D eigenvalue weighted by atomic mass is 10.0. The first-order valence-corrected chi connectivity index (χ1v) is 11.5. The summed E-state index contributed by atoms with van der Waals surface area (Å²) in [5.41, 5.74) is 0.741. The highest BCUT2D eigenvalue weighted by Gasteiger charge is 2.41. The molecule has 4 rings (SSSR count). The largest absolute Gasteiger partial charge is 0.413 e. The van der Waals surface area contributed by atoms with Crippen molar-refractivity contribution in [2.24, 2.45) is 0 Å². The molecule has 164 valence electrons. The van der Waals surface area contributed by atoms with E-state index in [4.69, 9.17) is 9.47 Å². The third-order valence-electron chi connectivity index (χ3n) is 5.19. The van der Waals surface area contributed by atoms with Crippen LogP contribution in [0.25, 0.3) is 0 Å². The number of carbonyl (C=O) groups excluding carboxylic acids is 3. The molecule has 0 bridgehead atoms. The molecule has 0 aliphatic carbocycles. The van der Waals surface area contributed by atoms with Crippen molar-refractivity contribution in [1.29, 1.82) is 0 Å². The standard InChI is InChI=1S/C21H22BrN3O5S/c1-21(23-20(28)30-19-7-6-16(22)31-19)12-18(27)25(13-21)15-4-2-14(3-5-15)24-9-11-29-10-8-17(24)26/h2-7H,8-13H2,1H3,(H,23,28). The number of halogens is 1. The van der Waals surface area contributed by atoms with E-state index in [1.165, 1.54) is 11.3 Å². The Bertz CT molecular complexity index is 995. The van der Waals surface area contributed by atoms with Crippen molar-refractivity contribution in [2.45, 2.75) is 25.3 Å². The normalized spacial score (nSPS) is 21.9. The van der Waals surface area contributed by atoms with Crippen molar-refractivity contribution in [3.8, 4) is 5.06 Å². The zero-order valence-electron chi connectivity index (χ0n) is 16.9. The van der Waals surface area contributed by atoms with Gasteiger partial charge in [0.1, 0.15) is 0 Å². The van der Waals surface area contributed by atoms with Crippen LogP contribution in [0.3, 0.4) is 0 Å². The molecule has 10 heteroatoms. The van der Waals surface area contributed by atoms with Gasteiger partial charge in [-0.15, -0.1) is 0 Å². The maximum Gasteiger partial charge on any atom is 0.413 e. The molecule has 2 aliphatic heterocycles. The predicted octanol–water partition coefficient (Wildman–Crippen LogP) is 3.55. The Hall–Kier alpha value is -2.43. The molecule has 3 heterocycles. The van der Waals surface area contributed by atoms with Gasteiger partial charge in [0.15, 0.2) is 5.06 Å². The Morgan fingerprint density at radius 2 is 1.81 bits per heavy atom. The second-order valence-corrected chi connectivity index (χ2v) is 10.1. The van der Waals surface area contributed by atoms with Crippen LogP contribution >= 0.6 is 27.3 Å². The Morgan fingerprint density at radius 3 is 2.48 bits per heavy atom. The summed E-state index contributed by atoms with van der Waals surface area (Å²) in [6.45, 7) is 3.59. The van der Waals surface area contributed by atoms with Crippen LogP contribution in [0.2, 0.25) is 0 Å². The Morgan fingerprint density at radius 1 is 1.10 bits per heavy atom. The van der Waals surface area contributed by atoms with Gasteiger partial charge < -0.3 is 24.6 Å². The van der Waals surface area contributed by atoms with Gasteiger partial charge in [-0.25, -0.2) is 4.79 Å². The molecule has 1 unspecified atom stereocenters. The lowest BCUT2D eigenvalue weighted by Crippen LogP contribution is -2.49. The Labute approximate surface area is 192 Å². The van der Waals surface area contributed by atoms with Crippen LogP contribution in [0, 0.1) is 0 Å². The molecule has 31 heavy (non-hydrogen) atoms. The van der Waals surface area contributed by atoms with Crippen molar-refractivity contribution in [3.63, 3.8) is 0 Å².